The Morgan fingerprint density at radius 3 is 2.47 bits per heavy atom. The molecule has 0 saturated heterocycles. The zero-order valence-corrected chi connectivity index (χ0v) is 10.3. The third-order valence-corrected chi connectivity index (χ3v) is 2.98. The quantitative estimate of drug-likeness (QED) is 0.851. The van der Waals surface area contributed by atoms with E-state index in [1.54, 1.807) is 0 Å². The number of nitrogens with two attached hydrogens (primary N) is 1. The largest absolute Gasteiger partial charge is 0.338 e. The molecule has 0 radical (unpaired) electrons. The number of benzene rings is 1. The minimum absolute atomic E-state index is 0.759. The summed E-state index contributed by atoms with van der Waals surface area (Å²) in [5.41, 5.74) is 8.16. The van der Waals surface area contributed by atoms with Crippen LogP contribution in [0.1, 0.15) is 23.4 Å². The van der Waals surface area contributed by atoms with Crippen LogP contribution in [-0.4, -0.2) is 16.1 Å². The van der Waals surface area contributed by atoms with Crippen molar-refractivity contribution in [3.63, 3.8) is 0 Å². The topological polar surface area (TPSA) is 43.8 Å². The Balaban J connectivity index is 2.01. The van der Waals surface area contributed by atoms with Crippen molar-refractivity contribution in [2.75, 3.05) is 6.54 Å². The molecule has 0 aliphatic carbocycles. The number of imidazole rings is 1. The van der Waals surface area contributed by atoms with E-state index < -0.39 is 0 Å². The second-order valence-electron chi connectivity index (χ2n) is 4.34. The van der Waals surface area contributed by atoms with E-state index in [0.29, 0.717) is 0 Å². The molecule has 2 rings (SSSR count). The van der Waals surface area contributed by atoms with Crippen molar-refractivity contribution in [2.24, 2.45) is 12.8 Å². The van der Waals surface area contributed by atoms with Gasteiger partial charge in [-0.1, -0.05) is 24.3 Å². The number of aryl methyl sites for hydroxylation is 2. The fraction of sp³-hybridized carbons (Fsp3) is 0.357. The maximum Gasteiger partial charge on any atom is 0.112 e. The molecule has 1 aromatic carbocycles. The van der Waals surface area contributed by atoms with Gasteiger partial charge in [0.15, 0.2) is 0 Å². The summed E-state index contributed by atoms with van der Waals surface area (Å²) in [7, 11) is 2.03. The molecular weight excluding hydrogens is 210 g/mol. The molecule has 0 unspecified atom stereocenters. The molecule has 3 nitrogen and oxygen atoms in total. The van der Waals surface area contributed by atoms with Crippen LogP contribution in [-0.2, 0) is 19.9 Å². The summed E-state index contributed by atoms with van der Waals surface area (Å²) >= 11 is 0. The first-order valence-corrected chi connectivity index (χ1v) is 6.03. The predicted molar refractivity (Wildman–Crippen MR) is 69.8 cm³/mol. The molecule has 0 spiro atoms. The monoisotopic (exact) mass is 229 g/mol. The van der Waals surface area contributed by atoms with E-state index >= 15 is 0 Å². The van der Waals surface area contributed by atoms with Gasteiger partial charge in [-0.2, -0.15) is 0 Å². The van der Waals surface area contributed by atoms with Gasteiger partial charge in [-0.05, 0) is 30.5 Å². The lowest BCUT2D eigenvalue weighted by atomic mass is 10.1. The van der Waals surface area contributed by atoms with Gasteiger partial charge in [-0.25, -0.2) is 4.98 Å². The van der Waals surface area contributed by atoms with Gasteiger partial charge >= 0.3 is 0 Å². The molecule has 0 aliphatic heterocycles. The van der Waals surface area contributed by atoms with Gasteiger partial charge in [-0.3, -0.25) is 0 Å². The Kier molecular flexibility index (Phi) is 3.94. The molecule has 1 heterocycles. The molecule has 17 heavy (non-hydrogen) atoms. The van der Waals surface area contributed by atoms with E-state index in [0.717, 1.165) is 31.6 Å². The van der Waals surface area contributed by atoms with Gasteiger partial charge in [0.2, 0.25) is 0 Å². The van der Waals surface area contributed by atoms with E-state index in [4.69, 9.17) is 5.73 Å². The molecule has 0 amide bonds. The first kappa shape index (κ1) is 11.9. The Morgan fingerprint density at radius 1 is 1.18 bits per heavy atom. The van der Waals surface area contributed by atoms with Crippen LogP contribution in [0.5, 0.6) is 0 Å². The molecule has 3 heteroatoms. The molecule has 2 aromatic rings. The third-order valence-electron chi connectivity index (χ3n) is 2.98. The summed E-state index contributed by atoms with van der Waals surface area (Å²) in [6, 6.07) is 8.74. The molecule has 0 fully saturated rings. The van der Waals surface area contributed by atoms with E-state index in [-0.39, 0.29) is 0 Å². The Hall–Kier alpha value is -1.61. The lowest BCUT2D eigenvalue weighted by Crippen LogP contribution is -2.01. The van der Waals surface area contributed by atoms with Crippen LogP contribution in [0.3, 0.4) is 0 Å². The number of nitrogens with zero attached hydrogens (tertiary/aromatic N) is 2. The van der Waals surface area contributed by atoms with Crippen LogP contribution < -0.4 is 5.73 Å². The first-order chi connectivity index (χ1) is 8.29. The average Bonchev–Trinajstić information content (AvgIpc) is 2.74. The van der Waals surface area contributed by atoms with Crippen molar-refractivity contribution in [1.29, 1.82) is 0 Å². The minimum atomic E-state index is 0.759. The maximum absolute atomic E-state index is 5.50. The smallest absolute Gasteiger partial charge is 0.112 e. The van der Waals surface area contributed by atoms with Crippen molar-refractivity contribution >= 4 is 0 Å². The fourth-order valence-electron chi connectivity index (χ4n) is 1.88. The summed E-state index contributed by atoms with van der Waals surface area (Å²) in [4.78, 5) is 4.33. The summed E-state index contributed by atoms with van der Waals surface area (Å²) in [5, 5.41) is 0. The molecule has 0 bridgehead atoms. The molecule has 2 N–H and O–H groups in total. The third kappa shape index (κ3) is 3.17. The molecule has 1 aromatic heterocycles. The predicted octanol–water partition coefficient (Wildman–Crippen LogP) is 1.90. The summed E-state index contributed by atoms with van der Waals surface area (Å²) < 4.78 is 2.06. The van der Waals surface area contributed by atoms with E-state index in [1.165, 1.54) is 11.1 Å². The lowest BCUT2D eigenvalue weighted by Gasteiger charge is -2.04. The summed E-state index contributed by atoms with van der Waals surface area (Å²) in [5.74, 6) is 1.10. The van der Waals surface area contributed by atoms with Crippen molar-refractivity contribution in [1.82, 2.24) is 9.55 Å². The van der Waals surface area contributed by atoms with Crippen LogP contribution in [0.2, 0.25) is 0 Å². The second-order valence-corrected chi connectivity index (χ2v) is 4.34. The molecule has 90 valence electrons. The molecule has 0 aliphatic rings. The van der Waals surface area contributed by atoms with Crippen LogP contribution >= 0.6 is 0 Å². The highest BCUT2D eigenvalue weighted by Gasteiger charge is 2.01. The van der Waals surface area contributed by atoms with Crippen molar-refractivity contribution in [3.05, 3.63) is 53.6 Å². The SMILES string of the molecule is Cn1ccnc1Cc1ccc(CCCN)cc1. The zero-order valence-electron chi connectivity index (χ0n) is 10.3. The number of hydrogen-bond donors (Lipinski definition) is 1. The van der Waals surface area contributed by atoms with Crippen molar-refractivity contribution in [3.8, 4) is 0 Å². The van der Waals surface area contributed by atoms with Gasteiger partial charge in [-0.15, -0.1) is 0 Å². The van der Waals surface area contributed by atoms with Crippen LogP contribution in [0, 0.1) is 0 Å². The highest BCUT2D eigenvalue weighted by Crippen LogP contribution is 2.10. The standard InChI is InChI=1S/C14H19N3/c1-17-10-9-16-14(17)11-13-6-4-12(5-7-13)3-2-8-15/h4-7,9-10H,2-3,8,11,15H2,1H3. The zero-order chi connectivity index (χ0) is 12.1. The Labute approximate surface area is 102 Å². The van der Waals surface area contributed by atoms with Gasteiger partial charge in [0.1, 0.15) is 5.82 Å². The first-order valence-electron chi connectivity index (χ1n) is 6.03. The van der Waals surface area contributed by atoms with Crippen LogP contribution in [0.25, 0.3) is 0 Å². The summed E-state index contributed by atoms with van der Waals surface area (Å²) in [6.07, 6.45) is 6.83. The Bertz CT molecular complexity index is 457. The van der Waals surface area contributed by atoms with Crippen LogP contribution in [0.4, 0.5) is 0 Å². The highest BCUT2D eigenvalue weighted by molar-refractivity contribution is 5.25. The minimum Gasteiger partial charge on any atom is -0.338 e. The molecule has 0 atom stereocenters. The van der Waals surface area contributed by atoms with Gasteiger partial charge in [0, 0.05) is 25.9 Å². The highest BCUT2D eigenvalue weighted by atomic mass is 15.0. The van der Waals surface area contributed by atoms with E-state index in [2.05, 4.69) is 33.8 Å². The number of aromatic nitrogens is 2. The van der Waals surface area contributed by atoms with E-state index in [9.17, 15) is 0 Å². The van der Waals surface area contributed by atoms with Crippen molar-refractivity contribution in [2.45, 2.75) is 19.3 Å². The maximum atomic E-state index is 5.50. The van der Waals surface area contributed by atoms with Crippen molar-refractivity contribution < 1.29 is 0 Å². The average molecular weight is 229 g/mol. The fourth-order valence-corrected chi connectivity index (χ4v) is 1.88. The van der Waals surface area contributed by atoms with E-state index in [1.807, 2.05) is 19.4 Å². The lowest BCUT2D eigenvalue weighted by molar-refractivity contribution is 0.818. The molecule has 0 saturated carbocycles. The summed E-state index contributed by atoms with van der Waals surface area (Å²) in [6.45, 7) is 0.759. The number of hydrogen-bond acceptors (Lipinski definition) is 2. The van der Waals surface area contributed by atoms with Gasteiger partial charge in [0.05, 0.1) is 0 Å². The van der Waals surface area contributed by atoms with Gasteiger partial charge < -0.3 is 10.3 Å². The second kappa shape index (κ2) is 5.64. The number of rotatable bonds is 5. The van der Waals surface area contributed by atoms with Gasteiger partial charge in [0.25, 0.3) is 0 Å². The Morgan fingerprint density at radius 2 is 1.88 bits per heavy atom. The molecular formula is C14H19N3. The normalized spacial score (nSPS) is 10.7. The van der Waals surface area contributed by atoms with Crippen LogP contribution in [0.15, 0.2) is 36.7 Å².